The van der Waals surface area contributed by atoms with Gasteiger partial charge in [-0.3, -0.25) is 0 Å². The maximum atomic E-state index is 5.61. The Kier molecular flexibility index (Phi) is 9.04. The Morgan fingerprint density at radius 2 is 1.50 bits per heavy atom. The summed E-state index contributed by atoms with van der Waals surface area (Å²) in [6.45, 7) is 0. The van der Waals surface area contributed by atoms with E-state index in [2.05, 4.69) is 6.07 Å². The third kappa shape index (κ3) is 3.66. The van der Waals surface area contributed by atoms with E-state index in [4.69, 9.17) is 46.4 Å². The summed E-state index contributed by atoms with van der Waals surface area (Å²) in [7, 11) is 0. The first-order valence-corrected chi connectivity index (χ1v) is 3.85. The quantitative estimate of drug-likeness (QED) is 0.283. The molecule has 0 radical (unpaired) electrons. The van der Waals surface area contributed by atoms with Crippen LogP contribution in [-0.2, 0) is 0 Å². The van der Waals surface area contributed by atoms with Gasteiger partial charge in [-0.05, 0) is 10.0 Å². The van der Waals surface area contributed by atoms with Crippen LogP contribution in [0.2, 0.25) is 20.1 Å². The van der Waals surface area contributed by atoms with Crippen molar-refractivity contribution in [1.29, 1.82) is 0 Å². The Balaban J connectivity index is 0. The van der Waals surface area contributed by atoms with Crippen molar-refractivity contribution in [2.45, 2.75) is 0 Å². The summed E-state index contributed by atoms with van der Waals surface area (Å²) in [6.07, 6.45) is 0. The Morgan fingerprint density at radius 3 is 1.92 bits per heavy atom. The number of halogens is 5. The minimum Gasteiger partial charge on any atom is -1.00 e. The summed E-state index contributed by atoms with van der Waals surface area (Å²) in [6, 6.07) is 4.10. The van der Waals surface area contributed by atoms with Crippen LogP contribution in [0, 0.1) is 6.07 Å². The van der Waals surface area contributed by atoms with Crippen molar-refractivity contribution in [1.82, 2.24) is 0 Å². The van der Waals surface area contributed by atoms with E-state index in [9.17, 15) is 0 Å². The number of rotatable bonds is 0. The Hall–Kier alpha value is 1.44. The van der Waals surface area contributed by atoms with Gasteiger partial charge in [0.25, 0.3) is 0 Å². The van der Waals surface area contributed by atoms with Crippen LogP contribution in [-0.4, -0.2) is 23.1 Å². The van der Waals surface area contributed by atoms with Crippen molar-refractivity contribution in [3.63, 3.8) is 0 Å². The smallest absolute Gasteiger partial charge is 1.00 e. The average Bonchev–Trinajstić information content (AvgIpc) is 1.93. The van der Waals surface area contributed by atoms with Crippen molar-refractivity contribution >= 4 is 69.5 Å². The standard InChI is InChI=1S/C6HCl4.ClH.Mg/c7-3-1-2-4(8)6(10)5(3)9;;/h1H;1H;/q-1;;+2/p-1. The first-order chi connectivity index (χ1) is 4.63. The molecule has 0 spiro atoms. The van der Waals surface area contributed by atoms with Gasteiger partial charge in [0.1, 0.15) is 0 Å². The van der Waals surface area contributed by atoms with Crippen molar-refractivity contribution < 1.29 is 12.4 Å². The molecule has 12 heavy (non-hydrogen) atoms. The van der Waals surface area contributed by atoms with E-state index < -0.39 is 0 Å². The number of benzene rings is 1. The van der Waals surface area contributed by atoms with E-state index in [-0.39, 0.29) is 50.5 Å². The van der Waals surface area contributed by atoms with E-state index in [1.165, 1.54) is 6.07 Å². The molecule has 0 N–H and O–H groups in total. The zero-order valence-corrected chi connectivity index (χ0v) is 10.9. The van der Waals surface area contributed by atoms with Gasteiger partial charge in [-0.25, -0.2) is 0 Å². The summed E-state index contributed by atoms with van der Waals surface area (Å²) in [5.41, 5.74) is 0. The fourth-order valence-electron chi connectivity index (χ4n) is 0.455. The fraction of sp³-hybridized carbons (Fsp3) is 0. The van der Waals surface area contributed by atoms with Gasteiger partial charge in [-0.15, -0.1) is 23.2 Å². The topological polar surface area (TPSA) is 0 Å². The van der Waals surface area contributed by atoms with E-state index in [0.29, 0.717) is 5.02 Å². The van der Waals surface area contributed by atoms with Crippen LogP contribution in [0.1, 0.15) is 0 Å². The predicted molar refractivity (Wildman–Crippen MR) is 51.1 cm³/mol. The summed E-state index contributed by atoms with van der Waals surface area (Å²) in [5, 5.41) is 1.16. The molecule has 1 aromatic rings. The molecular weight excluding hydrogens is 274 g/mol. The van der Waals surface area contributed by atoms with Crippen molar-refractivity contribution in [2.75, 3.05) is 0 Å². The molecule has 62 valence electrons. The summed E-state index contributed by atoms with van der Waals surface area (Å²) in [5.74, 6) is 0. The van der Waals surface area contributed by atoms with Crippen LogP contribution in [0.5, 0.6) is 0 Å². The van der Waals surface area contributed by atoms with E-state index in [1.807, 2.05) is 0 Å². The van der Waals surface area contributed by atoms with Gasteiger partial charge >= 0.3 is 23.1 Å². The Labute approximate surface area is 113 Å². The molecule has 1 rings (SSSR count). The van der Waals surface area contributed by atoms with Gasteiger partial charge in [0.05, 0.1) is 0 Å². The molecule has 0 saturated carbocycles. The van der Waals surface area contributed by atoms with Gasteiger partial charge in [-0.2, -0.15) is 35.3 Å². The van der Waals surface area contributed by atoms with Gasteiger partial charge in [-0.1, -0.05) is 10.0 Å². The first kappa shape index (κ1) is 15.9. The minimum absolute atomic E-state index is 0. The normalized spacial score (nSPS) is 8.33. The SMILES string of the molecule is Clc1[c-]cc(Cl)c(Cl)c1Cl.[Cl-].[Mg+2]. The monoisotopic (exact) mass is 272 g/mol. The predicted octanol–water partition coefficient (Wildman–Crippen LogP) is 0.724. The van der Waals surface area contributed by atoms with E-state index >= 15 is 0 Å². The molecule has 0 saturated heterocycles. The number of hydrogen-bond acceptors (Lipinski definition) is 0. The van der Waals surface area contributed by atoms with Gasteiger partial charge in [0.15, 0.2) is 0 Å². The molecule has 0 aliphatic heterocycles. The molecule has 0 bridgehead atoms. The molecule has 0 atom stereocenters. The second kappa shape index (κ2) is 6.83. The van der Waals surface area contributed by atoms with Crippen LogP contribution >= 0.6 is 46.4 Å². The van der Waals surface area contributed by atoms with Crippen molar-refractivity contribution in [2.24, 2.45) is 0 Å². The molecule has 0 unspecified atom stereocenters. The van der Waals surface area contributed by atoms with E-state index in [0.717, 1.165) is 0 Å². The molecule has 0 aliphatic carbocycles. The van der Waals surface area contributed by atoms with Crippen LogP contribution < -0.4 is 12.4 Å². The molecule has 0 aromatic heterocycles. The van der Waals surface area contributed by atoms with Gasteiger partial charge < -0.3 is 12.4 Å². The van der Waals surface area contributed by atoms with E-state index in [1.54, 1.807) is 0 Å². The third-order valence-electron chi connectivity index (χ3n) is 0.921. The zero-order valence-electron chi connectivity index (χ0n) is 5.67. The van der Waals surface area contributed by atoms with Crippen molar-refractivity contribution in [3.8, 4) is 0 Å². The summed E-state index contributed by atoms with van der Waals surface area (Å²) >= 11 is 22.4. The second-order valence-electron chi connectivity index (χ2n) is 1.58. The molecule has 0 fully saturated rings. The Bertz CT molecular complexity index is 235. The first-order valence-electron chi connectivity index (χ1n) is 2.33. The average molecular weight is 275 g/mol. The molecule has 0 amide bonds. The van der Waals surface area contributed by atoms with Crippen LogP contribution in [0.3, 0.4) is 0 Å². The Morgan fingerprint density at radius 1 is 1.00 bits per heavy atom. The minimum atomic E-state index is 0. The number of hydrogen-bond donors (Lipinski definition) is 0. The van der Waals surface area contributed by atoms with Crippen LogP contribution in [0.15, 0.2) is 6.07 Å². The molecule has 0 heterocycles. The van der Waals surface area contributed by atoms with Gasteiger partial charge in [0.2, 0.25) is 0 Å². The van der Waals surface area contributed by atoms with Crippen molar-refractivity contribution in [3.05, 3.63) is 32.2 Å². The second-order valence-corrected chi connectivity index (χ2v) is 3.12. The molecule has 6 heteroatoms. The largest absolute Gasteiger partial charge is 2.00 e. The summed E-state index contributed by atoms with van der Waals surface area (Å²) < 4.78 is 0. The molecule has 0 aliphatic rings. The summed E-state index contributed by atoms with van der Waals surface area (Å²) in [4.78, 5) is 0. The molecule has 0 nitrogen and oxygen atoms in total. The molecule has 1 aromatic carbocycles. The zero-order chi connectivity index (χ0) is 7.72. The van der Waals surface area contributed by atoms with Crippen LogP contribution in [0.4, 0.5) is 0 Å². The molecular formula is C6HCl5Mg. The maximum absolute atomic E-state index is 5.61. The third-order valence-corrected chi connectivity index (χ3v) is 2.58. The van der Waals surface area contributed by atoms with Gasteiger partial charge in [0, 0.05) is 0 Å². The fourth-order valence-corrected chi connectivity index (χ4v) is 1.15. The van der Waals surface area contributed by atoms with Crippen LogP contribution in [0.25, 0.3) is 0 Å². The maximum Gasteiger partial charge on any atom is 2.00 e.